The van der Waals surface area contributed by atoms with E-state index in [4.69, 9.17) is 0 Å². The van der Waals surface area contributed by atoms with E-state index in [1.807, 2.05) is 0 Å². The maximum Gasteiger partial charge on any atom is 0.382 e. The average Bonchev–Trinajstić information content (AvgIpc) is 2.36. The van der Waals surface area contributed by atoms with Crippen LogP contribution in [0.25, 0.3) is 0 Å². The second kappa shape index (κ2) is 5.61. The van der Waals surface area contributed by atoms with E-state index < -0.39 is 29.6 Å². The molecule has 1 heterocycles. The van der Waals surface area contributed by atoms with E-state index in [0.717, 1.165) is 12.8 Å². The van der Waals surface area contributed by atoms with Gasteiger partial charge < -0.3 is 9.90 Å². The van der Waals surface area contributed by atoms with Gasteiger partial charge in [0, 0.05) is 12.3 Å². The van der Waals surface area contributed by atoms with E-state index in [9.17, 15) is 19.5 Å². The van der Waals surface area contributed by atoms with E-state index in [2.05, 4.69) is 0 Å². The molecule has 0 aromatic rings. The summed E-state index contributed by atoms with van der Waals surface area (Å²) in [5, 5.41) is 11.2. The largest absolute Gasteiger partial charge is 0.544 e. The van der Waals surface area contributed by atoms with E-state index in [0.29, 0.717) is 19.5 Å². The van der Waals surface area contributed by atoms with Crippen LogP contribution in [-0.2, 0) is 14.4 Å². The number of hydrogen-bond acceptors (Lipinski definition) is 4. The van der Waals surface area contributed by atoms with Crippen molar-refractivity contribution in [3.8, 4) is 0 Å². The van der Waals surface area contributed by atoms with Crippen molar-refractivity contribution in [3.63, 3.8) is 0 Å². The molecule has 0 radical (unpaired) electrons. The van der Waals surface area contributed by atoms with Crippen LogP contribution in [0.2, 0.25) is 0 Å². The number of carboxylic acid groups (broad SMARTS) is 1. The van der Waals surface area contributed by atoms with Crippen LogP contribution in [0, 0.1) is 5.92 Å². The predicted octanol–water partition coefficient (Wildman–Crippen LogP) is -0.123. The third-order valence-electron chi connectivity index (χ3n) is 3.86. The fourth-order valence-electron chi connectivity index (χ4n) is 2.69. The Labute approximate surface area is 107 Å². The third kappa shape index (κ3) is 2.46. The Kier molecular flexibility index (Phi) is 4.62. The first-order valence-corrected chi connectivity index (χ1v) is 6.53. The van der Waals surface area contributed by atoms with E-state index in [-0.39, 0.29) is 4.48 Å². The smallest absolute Gasteiger partial charge is 0.382 e. The van der Waals surface area contributed by atoms with E-state index in [1.54, 1.807) is 20.8 Å². The van der Waals surface area contributed by atoms with Crippen LogP contribution in [0.3, 0.4) is 0 Å². The molecular weight excluding hydrogens is 234 g/mol. The number of aliphatic carboxylic acids is 1. The van der Waals surface area contributed by atoms with Crippen molar-refractivity contribution >= 4 is 17.7 Å². The maximum absolute atomic E-state index is 12.3. The minimum Gasteiger partial charge on any atom is -0.544 e. The van der Waals surface area contributed by atoms with Crippen LogP contribution in [-0.4, -0.2) is 41.3 Å². The van der Waals surface area contributed by atoms with Crippen molar-refractivity contribution in [1.29, 1.82) is 0 Å². The third-order valence-corrected chi connectivity index (χ3v) is 3.86. The molecule has 1 amide bonds. The van der Waals surface area contributed by atoms with Crippen LogP contribution in [0.4, 0.5) is 0 Å². The summed E-state index contributed by atoms with van der Waals surface area (Å²) in [7, 11) is 0. The molecule has 5 nitrogen and oxygen atoms in total. The topological polar surface area (TPSA) is 74.3 Å². The highest BCUT2D eigenvalue weighted by Gasteiger charge is 2.48. The number of quaternary nitrogens is 1. The van der Waals surface area contributed by atoms with Gasteiger partial charge in [-0.3, -0.25) is 4.79 Å². The van der Waals surface area contributed by atoms with Gasteiger partial charge in [0.1, 0.15) is 6.04 Å². The number of likely N-dealkylation sites (tertiary alicyclic amines) is 1. The number of nitrogens with zero attached hydrogens (tertiary/aromatic N) is 1. The number of Topliss-reactive ketones (excluding diaryl/α,β-unsaturated/α-hetero) is 1. The van der Waals surface area contributed by atoms with Gasteiger partial charge >= 0.3 is 5.91 Å². The summed E-state index contributed by atoms with van der Waals surface area (Å²) < 4.78 is -0.265. The summed E-state index contributed by atoms with van der Waals surface area (Å²) in [5.41, 5.74) is 0. The Balaban J connectivity index is 3.12. The maximum atomic E-state index is 12.3. The molecule has 0 saturated carbocycles. The van der Waals surface area contributed by atoms with Crippen molar-refractivity contribution in [1.82, 2.24) is 0 Å². The quantitative estimate of drug-likeness (QED) is 0.518. The molecule has 0 spiro atoms. The molecule has 2 unspecified atom stereocenters. The molecule has 0 N–H and O–H groups in total. The first-order chi connectivity index (χ1) is 8.36. The van der Waals surface area contributed by atoms with E-state index in [1.165, 1.54) is 0 Å². The number of carboxylic acids is 1. The summed E-state index contributed by atoms with van der Waals surface area (Å²) in [6.45, 7) is 5.82. The monoisotopic (exact) mass is 255 g/mol. The standard InChI is InChI=1S/C13H21NO4/c1-4-14(12(16)11(15)9(2)3)8-6-5-7-10(14)13(17)18/h9-10H,4-8H2,1-3H3. The second-order valence-electron chi connectivity index (χ2n) is 5.23. The van der Waals surface area contributed by atoms with Gasteiger partial charge in [0.15, 0.2) is 0 Å². The lowest BCUT2D eigenvalue weighted by molar-refractivity contribution is -0.873. The Morgan fingerprint density at radius 2 is 1.89 bits per heavy atom. The highest BCUT2D eigenvalue weighted by atomic mass is 16.4. The fraction of sp³-hybridized carbons (Fsp3) is 0.769. The molecule has 0 aromatic heterocycles. The molecule has 1 saturated heterocycles. The Morgan fingerprint density at radius 1 is 1.28 bits per heavy atom. The summed E-state index contributed by atoms with van der Waals surface area (Å²) >= 11 is 0. The Bertz CT molecular complexity index is 364. The van der Waals surface area contributed by atoms with Gasteiger partial charge in [-0.05, 0) is 19.8 Å². The SMILES string of the molecule is CC[N+]1(C(=O)C(=O)C(C)C)CCCCC1C(=O)[O-]. The number of likely N-dealkylation sites (N-methyl/N-ethyl adjacent to an activating group) is 1. The van der Waals surface area contributed by atoms with Gasteiger partial charge in [0.25, 0.3) is 5.78 Å². The summed E-state index contributed by atoms with van der Waals surface area (Å²) in [4.78, 5) is 35.5. The molecule has 1 rings (SSSR count). The number of hydrogen-bond donors (Lipinski definition) is 0. The van der Waals surface area contributed by atoms with E-state index >= 15 is 0 Å². The molecule has 1 fully saturated rings. The number of carbonyl (C=O) groups is 3. The molecule has 0 aliphatic carbocycles. The molecule has 5 heteroatoms. The minimum atomic E-state index is -1.22. The highest BCUT2D eigenvalue weighted by Crippen LogP contribution is 2.27. The number of rotatable bonds is 4. The highest BCUT2D eigenvalue weighted by molar-refractivity contribution is 6.34. The molecular formula is C13H21NO4. The summed E-state index contributed by atoms with van der Waals surface area (Å²) in [6, 6.07) is -0.876. The second-order valence-corrected chi connectivity index (χ2v) is 5.23. The number of amides is 1. The normalized spacial score (nSPS) is 28.1. The first kappa shape index (κ1) is 14.8. The van der Waals surface area contributed by atoms with Gasteiger partial charge in [-0.15, -0.1) is 0 Å². The predicted molar refractivity (Wildman–Crippen MR) is 63.2 cm³/mol. The van der Waals surface area contributed by atoms with Gasteiger partial charge in [0.05, 0.1) is 19.1 Å². The Hall–Kier alpha value is -1.23. The molecule has 102 valence electrons. The lowest BCUT2D eigenvalue weighted by Crippen LogP contribution is -2.68. The molecule has 1 aliphatic rings. The van der Waals surface area contributed by atoms with Gasteiger partial charge in [-0.2, -0.15) is 0 Å². The van der Waals surface area contributed by atoms with Crippen LogP contribution < -0.4 is 5.11 Å². The van der Waals surface area contributed by atoms with Crippen molar-refractivity contribution in [2.24, 2.45) is 5.92 Å². The van der Waals surface area contributed by atoms with Crippen molar-refractivity contribution < 1.29 is 24.0 Å². The van der Waals surface area contributed by atoms with Crippen molar-refractivity contribution in [3.05, 3.63) is 0 Å². The van der Waals surface area contributed by atoms with Crippen LogP contribution >= 0.6 is 0 Å². The molecule has 0 bridgehead atoms. The van der Waals surface area contributed by atoms with Crippen LogP contribution in [0.1, 0.15) is 40.0 Å². The zero-order valence-corrected chi connectivity index (χ0v) is 11.3. The lowest BCUT2D eigenvalue weighted by atomic mass is 9.95. The average molecular weight is 255 g/mol. The number of carbonyl (C=O) groups excluding carboxylic acids is 3. The van der Waals surface area contributed by atoms with Crippen LogP contribution in [0.15, 0.2) is 0 Å². The van der Waals surface area contributed by atoms with Crippen molar-refractivity contribution in [2.75, 3.05) is 13.1 Å². The lowest BCUT2D eigenvalue weighted by Gasteiger charge is -2.44. The van der Waals surface area contributed by atoms with Gasteiger partial charge in [0.2, 0.25) is 0 Å². The molecule has 18 heavy (non-hydrogen) atoms. The fourth-order valence-corrected chi connectivity index (χ4v) is 2.69. The number of piperidine rings is 1. The van der Waals surface area contributed by atoms with Crippen LogP contribution in [0.5, 0.6) is 0 Å². The van der Waals surface area contributed by atoms with Gasteiger partial charge in [-0.25, -0.2) is 9.28 Å². The zero-order chi connectivity index (χ0) is 13.9. The summed E-state index contributed by atoms with van der Waals surface area (Å²) in [5.74, 6) is -2.67. The number of ketones is 1. The molecule has 2 atom stereocenters. The first-order valence-electron chi connectivity index (χ1n) is 6.53. The Morgan fingerprint density at radius 3 is 2.33 bits per heavy atom. The summed E-state index contributed by atoms with van der Waals surface area (Å²) in [6.07, 6.45) is 1.95. The van der Waals surface area contributed by atoms with Gasteiger partial charge in [-0.1, -0.05) is 13.8 Å². The molecule has 0 aromatic carbocycles. The minimum absolute atomic E-state index is 0.265. The zero-order valence-electron chi connectivity index (χ0n) is 11.3. The van der Waals surface area contributed by atoms with Crippen molar-refractivity contribution in [2.45, 2.75) is 46.1 Å². The molecule has 1 aliphatic heterocycles.